The van der Waals surface area contributed by atoms with Crippen LogP contribution in [0.4, 0.5) is 4.39 Å². The van der Waals surface area contributed by atoms with Gasteiger partial charge in [-0.05, 0) is 35.9 Å². The Morgan fingerprint density at radius 2 is 1.95 bits per heavy atom. The first kappa shape index (κ1) is 12.8. The highest BCUT2D eigenvalue weighted by atomic mass is 19.1. The molecule has 1 aliphatic rings. The molecule has 0 bridgehead atoms. The Morgan fingerprint density at radius 1 is 1.14 bits per heavy atom. The van der Waals surface area contributed by atoms with Crippen LogP contribution < -0.4 is 11.3 Å². The van der Waals surface area contributed by atoms with Crippen LogP contribution in [0, 0.1) is 5.82 Å². The molecule has 0 aliphatic carbocycles. The minimum absolute atomic E-state index is 0.00673. The maximum atomic E-state index is 13.4. The molecule has 5 nitrogen and oxygen atoms in total. The van der Waals surface area contributed by atoms with Gasteiger partial charge in [-0.1, -0.05) is 6.07 Å². The standard InChI is InChI=1S/C16H10FN3O2/c17-9-2-4-13-11(6-9)14(21)15-19-12-5-8(7-18)1-3-10(12)16(22)20(13)15/h1-6H,7,18H2. The van der Waals surface area contributed by atoms with Crippen LogP contribution in [0.5, 0.6) is 0 Å². The smallest absolute Gasteiger partial charge is 0.266 e. The number of carbonyl (C=O) groups excluding carboxylic acids is 1. The lowest BCUT2D eigenvalue weighted by Crippen LogP contribution is -2.21. The van der Waals surface area contributed by atoms with E-state index >= 15 is 0 Å². The predicted molar refractivity (Wildman–Crippen MR) is 78.6 cm³/mol. The van der Waals surface area contributed by atoms with Crippen LogP contribution in [-0.2, 0) is 6.54 Å². The van der Waals surface area contributed by atoms with Crippen LogP contribution >= 0.6 is 0 Å². The molecule has 0 saturated heterocycles. The van der Waals surface area contributed by atoms with Gasteiger partial charge in [0.1, 0.15) is 5.82 Å². The molecule has 6 heteroatoms. The summed E-state index contributed by atoms with van der Waals surface area (Å²) in [5, 5.41) is 0.394. The van der Waals surface area contributed by atoms with Gasteiger partial charge in [-0.15, -0.1) is 0 Å². The van der Waals surface area contributed by atoms with Gasteiger partial charge in [0, 0.05) is 6.54 Å². The molecule has 0 amide bonds. The van der Waals surface area contributed by atoms with E-state index in [1.165, 1.54) is 16.7 Å². The third-order valence-corrected chi connectivity index (χ3v) is 3.82. The van der Waals surface area contributed by atoms with E-state index in [0.717, 1.165) is 11.6 Å². The van der Waals surface area contributed by atoms with E-state index in [1.54, 1.807) is 18.2 Å². The van der Waals surface area contributed by atoms with E-state index in [4.69, 9.17) is 5.73 Å². The van der Waals surface area contributed by atoms with Gasteiger partial charge >= 0.3 is 0 Å². The minimum Gasteiger partial charge on any atom is -0.326 e. The average Bonchev–Trinajstić information content (AvgIpc) is 2.80. The quantitative estimate of drug-likeness (QED) is 0.577. The molecule has 3 aromatic rings. The van der Waals surface area contributed by atoms with E-state index < -0.39 is 11.6 Å². The Morgan fingerprint density at radius 3 is 2.73 bits per heavy atom. The average molecular weight is 295 g/mol. The van der Waals surface area contributed by atoms with Crippen molar-refractivity contribution < 1.29 is 9.18 Å². The van der Waals surface area contributed by atoms with Gasteiger partial charge in [0.05, 0.1) is 22.2 Å². The summed E-state index contributed by atoms with van der Waals surface area (Å²) in [5.74, 6) is -0.971. The van der Waals surface area contributed by atoms with Crippen molar-refractivity contribution in [2.24, 2.45) is 5.73 Å². The number of nitrogens with zero attached hydrogens (tertiary/aromatic N) is 2. The first-order chi connectivity index (χ1) is 10.6. The lowest BCUT2D eigenvalue weighted by Gasteiger charge is -2.06. The molecule has 0 fully saturated rings. The summed E-state index contributed by atoms with van der Waals surface area (Å²) in [7, 11) is 0. The van der Waals surface area contributed by atoms with Gasteiger partial charge in [0.25, 0.3) is 5.56 Å². The fourth-order valence-electron chi connectivity index (χ4n) is 2.74. The largest absolute Gasteiger partial charge is 0.326 e. The first-order valence-corrected chi connectivity index (χ1v) is 6.70. The van der Waals surface area contributed by atoms with Gasteiger partial charge in [-0.2, -0.15) is 0 Å². The van der Waals surface area contributed by atoms with Crippen molar-refractivity contribution in [3.05, 3.63) is 69.5 Å². The molecule has 0 atom stereocenters. The van der Waals surface area contributed by atoms with E-state index in [1.807, 2.05) is 0 Å². The zero-order valence-electron chi connectivity index (χ0n) is 11.3. The van der Waals surface area contributed by atoms with Crippen LogP contribution in [0.1, 0.15) is 21.7 Å². The number of hydrogen-bond donors (Lipinski definition) is 1. The Balaban J connectivity index is 2.11. The molecule has 1 aliphatic heterocycles. The fourth-order valence-corrected chi connectivity index (χ4v) is 2.74. The number of carbonyl (C=O) groups is 1. The number of fused-ring (bicyclic) bond motifs is 4. The summed E-state index contributed by atoms with van der Waals surface area (Å²) in [6, 6.07) is 8.85. The molecular weight excluding hydrogens is 285 g/mol. The second-order valence-corrected chi connectivity index (χ2v) is 5.12. The highest BCUT2D eigenvalue weighted by Gasteiger charge is 2.30. The van der Waals surface area contributed by atoms with E-state index in [-0.39, 0.29) is 16.9 Å². The van der Waals surface area contributed by atoms with E-state index in [2.05, 4.69) is 4.98 Å². The fraction of sp³-hybridized carbons (Fsp3) is 0.0625. The minimum atomic E-state index is -0.525. The van der Waals surface area contributed by atoms with Crippen LogP contribution in [0.3, 0.4) is 0 Å². The number of aromatic nitrogens is 2. The van der Waals surface area contributed by atoms with Gasteiger partial charge in [-0.3, -0.25) is 14.2 Å². The van der Waals surface area contributed by atoms with Gasteiger partial charge in [0.15, 0.2) is 5.82 Å². The molecule has 2 heterocycles. The zero-order valence-corrected chi connectivity index (χ0v) is 11.3. The molecule has 0 unspecified atom stereocenters. The topological polar surface area (TPSA) is 78.0 Å². The van der Waals surface area contributed by atoms with E-state index in [9.17, 15) is 14.0 Å². The summed E-state index contributed by atoms with van der Waals surface area (Å²) in [5.41, 5.74) is 6.99. The third kappa shape index (κ3) is 1.58. The molecule has 0 radical (unpaired) electrons. The summed E-state index contributed by atoms with van der Waals surface area (Å²) in [6.07, 6.45) is 0. The Labute approximate surface area is 123 Å². The van der Waals surface area contributed by atoms with Crippen molar-refractivity contribution in [3.8, 4) is 5.69 Å². The molecule has 108 valence electrons. The third-order valence-electron chi connectivity index (χ3n) is 3.82. The number of hydrogen-bond acceptors (Lipinski definition) is 4. The molecular formula is C16H10FN3O2. The van der Waals surface area contributed by atoms with Crippen molar-refractivity contribution in [1.82, 2.24) is 9.55 Å². The van der Waals surface area contributed by atoms with Crippen molar-refractivity contribution in [2.45, 2.75) is 6.54 Å². The summed E-state index contributed by atoms with van der Waals surface area (Å²) in [6.45, 7) is 0.315. The van der Waals surface area contributed by atoms with Crippen molar-refractivity contribution >= 4 is 16.7 Å². The second-order valence-electron chi connectivity index (χ2n) is 5.12. The molecule has 4 rings (SSSR count). The van der Waals surface area contributed by atoms with Gasteiger partial charge < -0.3 is 5.73 Å². The number of benzene rings is 2. The summed E-state index contributed by atoms with van der Waals surface area (Å²) < 4.78 is 14.6. The van der Waals surface area contributed by atoms with Crippen molar-refractivity contribution in [2.75, 3.05) is 0 Å². The maximum Gasteiger partial charge on any atom is 0.266 e. The lowest BCUT2D eigenvalue weighted by molar-refractivity contribution is 0.103. The Kier molecular flexibility index (Phi) is 2.52. The molecule has 0 spiro atoms. The number of rotatable bonds is 1. The molecule has 22 heavy (non-hydrogen) atoms. The number of ketones is 1. The van der Waals surface area contributed by atoms with Crippen LogP contribution in [-0.4, -0.2) is 15.3 Å². The molecule has 0 saturated carbocycles. The lowest BCUT2D eigenvalue weighted by atomic mass is 10.1. The molecule has 2 aromatic carbocycles. The highest BCUT2D eigenvalue weighted by Crippen LogP contribution is 2.27. The molecule has 1 aromatic heterocycles. The normalized spacial score (nSPS) is 12.5. The summed E-state index contributed by atoms with van der Waals surface area (Å²) in [4.78, 5) is 29.3. The van der Waals surface area contributed by atoms with Gasteiger partial charge in [-0.25, -0.2) is 9.37 Å². The Hall–Kier alpha value is -2.86. The van der Waals surface area contributed by atoms with E-state index in [0.29, 0.717) is 23.1 Å². The van der Waals surface area contributed by atoms with Crippen molar-refractivity contribution in [1.29, 1.82) is 0 Å². The first-order valence-electron chi connectivity index (χ1n) is 6.70. The van der Waals surface area contributed by atoms with Gasteiger partial charge in [0.2, 0.25) is 5.78 Å². The monoisotopic (exact) mass is 295 g/mol. The van der Waals surface area contributed by atoms with Crippen LogP contribution in [0.2, 0.25) is 0 Å². The van der Waals surface area contributed by atoms with Crippen LogP contribution in [0.25, 0.3) is 16.6 Å². The zero-order chi connectivity index (χ0) is 15.4. The number of halogens is 1. The summed E-state index contributed by atoms with van der Waals surface area (Å²) >= 11 is 0. The highest BCUT2D eigenvalue weighted by molar-refractivity contribution is 6.13. The Bertz CT molecular complexity index is 1020. The second kappa shape index (κ2) is 4.32. The number of nitrogens with two attached hydrogens (primary N) is 1. The molecule has 2 N–H and O–H groups in total. The predicted octanol–water partition coefficient (Wildman–Crippen LogP) is 1.53. The maximum absolute atomic E-state index is 13.4. The van der Waals surface area contributed by atoms with Crippen LogP contribution in [0.15, 0.2) is 41.2 Å². The SMILES string of the molecule is NCc1ccc2c(=O)n3c(nc2c1)C(=O)c1cc(F)ccc1-3. The van der Waals surface area contributed by atoms with Crippen molar-refractivity contribution in [3.63, 3.8) is 0 Å².